The molecule has 66 heavy (non-hydrogen) atoms. The van der Waals surface area contributed by atoms with Crippen LogP contribution in [0.25, 0.3) is 83.9 Å². The first-order valence-corrected chi connectivity index (χ1v) is 22.1. The van der Waals surface area contributed by atoms with Gasteiger partial charge < -0.3 is 4.74 Å². The van der Waals surface area contributed by atoms with E-state index in [0.717, 1.165) is 66.7 Å². The van der Waals surface area contributed by atoms with Crippen LogP contribution < -0.4 is 4.74 Å². The molecule has 2 aromatic heterocycles. The number of benzene rings is 7. The standard InChI is InChI=1S/C61H57N3O.Pt/c1-38-20-22-42(23-21-38)45-28-29-62-54(36-45)47-33-46(34-49(35-47)61(8,9)10)50-18-15-19-55-57(50)63-59(53-31-39(2)30-41(4)58(53)65-11)64(55)56-32-40(3)51(43-16-13-12-14-17-43)37-52(56)44-24-26-48(27-25-44)60(5,6)7;/h12-32,34-37H,11H2,1-10H3;/q-2;+2/i1D3,3D3;. The Labute approximate surface area is 414 Å². The fraction of sp³-hybridized carbons (Fsp3) is 0.197. The Morgan fingerprint density at radius 3 is 1.95 bits per heavy atom. The van der Waals surface area contributed by atoms with Crippen molar-refractivity contribution < 1.29 is 34.0 Å². The molecule has 7 aromatic carbocycles. The van der Waals surface area contributed by atoms with E-state index in [4.69, 9.17) is 22.9 Å². The molecule has 0 N–H and O–H groups in total. The molecule has 9 rings (SSSR count). The Bertz CT molecular complexity index is 3450. The van der Waals surface area contributed by atoms with E-state index in [1.165, 1.54) is 5.56 Å². The molecule has 0 bridgehead atoms. The summed E-state index contributed by atoms with van der Waals surface area (Å²) in [6, 6.07) is 51.3. The van der Waals surface area contributed by atoms with Crippen molar-refractivity contribution in [1.82, 2.24) is 14.5 Å². The van der Waals surface area contributed by atoms with Gasteiger partial charge in [0.25, 0.3) is 0 Å². The maximum atomic E-state index is 9.01. The molecule has 0 spiro atoms. The maximum Gasteiger partial charge on any atom is 2.00 e. The van der Waals surface area contributed by atoms with Crippen LogP contribution in [0.5, 0.6) is 5.75 Å². The molecule has 0 saturated heterocycles. The number of ether oxygens (including phenoxy) is 1. The fourth-order valence-electron chi connectivity index (χ4n) is 8.77. The predicted octanol–water partition coefficient (Wildman–Crippen LogP) is 16.2. The van der Waals surface area contributed by atoms with Crippen molar-refractivity contribution in [2.45, 2.75) is 79.9 Å². The van der Waals surface area contributed by atoms with Crippen LogP contribution >= 0.6 is 0 Å². The second kappa shape index (κ2) is 18.1. The van der Waals surface area contributed by atoms with Crippen molar-refractivity contribution in [3.8, 4) is 78.6 Å². The number of rotatable bonds is 8. The molecule has 0 unspecified atom stereocenters. The van der Waals surface area contributed by atoms with Crippen LogP contribution in [0.2, 0.25) is 0 Å². The van der Waals surface area contributed by atoms with Crippen LogP contribution in [0.4, 0.5) is 0 Å². The SMILES string of the molecule is [2H]C([2H])([2H])c1ccc(-c2ccnc(-c3[c-]c(-c4cccc5c4nc(-c4cc(C)cc(C)c4O[CH2-])n5-c4cc(C([2H])([2H])[2H])c(-c5ccccc5)cc4-c4ccc(C(C)(C)C)cc4)cc(C(C)(C)C)c3)c2)cc1.[Pt+2]. The molecule has 9 aromatic rings. The van der Waals surface area contributed by atoms with Gasteiger partial charge in [0, 0.05) is 25.7 Å². The molecule has 0 fully saturated rings. The Balaban J connectivity index is 0.00000693. The second-order valence-corrected chi connectivity index (χ2v) is 19.1. The predicted molar refractivity (Wildman–Crippen MR) is 273 cm³/mol. The number of aromatic nitrogens is 3. The zero-order valence-electron chi connectivity index (χ0n) is 44.7. The molecular weight excluding hydrogens is 986 g/mol. The smallest absolute Gasteiger partial charge is 0.665 e. The van der Waals surface area contributed by atoms with Gasteiger partial charge in [-0.15, -0.1) is 29.3 Å². The van der Waals surface area contributed by atoms with E-state index in [1.54, 1.807) is 18.3 Å². The first-order valence-electron chi connectivity index (χ1n) is 25.1. The van der Waals surface area contributed by atoms with Crippen LogP contribution in [0.3, 0.4) is 0 Å². The zero-order valence-corrected chi connectivity index (χ0v) is 41.0. The monoisotopic (exact) mass is 1050 g/mol. The molecule has 0 amide bonds. The normalized spacial score (nSPS) is 13.5. The van der Waals surface area contributed by atoms with Gasteiger partial charge in [0.2, 0.25) is 0 Å². The molecule has 0 saturated carbocycles. The van der Waals surface area contributed by atoms with E-state index < -0.39 is 13.7 Å². The van der Waals surface area contributed by atoms with Gasteiger partial charge in [0.05, 0.1) is 28.0 Å². The number of pyridine rings is 1. The van der Waals surface area contributed by atoms with E-state index in [0.29, 0.717) is 39.6 Å². The molecule has 0 atom stereocenters. The minimum absolute atomic E-state index is 0. The summed E-state index contributed by atoms with van der Waals surface area (Å²) in [4.78, 5) is 10.4. The van der Waals surface area contributed by atoms with Gasteiger partial charge in [-0.1, -0.05) is 161 Å². The number of fused-ring (bicyclic) bond motifs is 1. The summed E-state index contributed by atoms with van der Waals surface area (Å²) in [6.07, 6.45) is 1.77. The summed E-state index contributed by atoms with van der Waals surface area (Å²) in [5.74, 6) is 1.12. The quantitative estimate of drug-likeness (QED) is 0.142. The second-order valence-electron chi connectivity index (χ2n) is 19.1. The summed E-state index contributed by atoms with van der Waals surface area (Å²) in [7, 11) is 3.90. The first-order chi connectivity index (χ1) is 33.5. The van der Waals surface area contributed by atoms with Crippen molar-refractivity contribution in [1.29, 1.82) is 0 Å². The molecule has 0 aliphatic carbocycles. The number of nitrogens with zero attached hydrogens (tertiary/aromatic N) is 3. The minimum atomic E-state index is -2.48. The number of para-hydroxylation sites is 1. The third-order valence-corrected chi connectivity index (χ3v) is 12.3. The van der Waals surface area contributed by atoms with Gasteiger partial charge in [0.1, 0.15) is 5.82 Å². The average Bonchev–Trinajstić information content (AvgIpc) is 3.72. The summed E-state index contributed by atoms with van der Waals surface area (Å²) >= 11 is 0. The van der Waals surface area contributed by atoms with Crippen molar-refractivity contribution in [3.05, 3.63) is 198 Å². The number of imidazole rings is 1. The Hall–Kier alpha value is -6.35. The van der Waals surface area contributed by atoms with E-state index >= 15 is 0 Å². The largest absolute Gasteiger partial charge is 2.00 e. The number of aryl methyl sites for hydroxylation is 4. The number of hydrogen-bond acceptors (Lipinski definition) is 3. The van der Waals surface area contributed by atoms with Gasteiger partial charge in [-0.25, -0.2) is 4.98 Å². The van der Waals surface area contributed by atoms with Gasteiger partial charge >= 0.3 is 21.1 Å². The third-order valence-electron chi connectivity index (χ3n) is 12.3. The topological polar surface area (TPSA) is 39.9 Å². The van der Waals surface area contributed by atoms with E-state index in [-0.39, 0.29) is 43.0 Å². The zero-order chi connectivity index (χ0) is 50.8. The van der Waals surface area contributed by atoms with E-state index in [1.807, 2.05) is 98.8 Å². The van der Waals surface area contributed by atoms with Gasteiger partial charge in [-0.2, -0.15) is 7.11 Å². The van der Waals surface area contributed by atoms with Gasteiger partial charge in [-0.3, -0.25) is 9.55 Å². The molecule has 0 aliphatic rings. The first kappa shape index (κ1) is 38.9. The minimum Gasteiger partial charge on any atom is -0.665 e. The fourth-order valence-corrected chi connectivity index (χ4v) is 8.77. The van der Waals surface area contributed by atoms with Crippen LogP contribution in [0, 0.1) is 40.7 Å². The van der Waals surface area contributed by atoms with Crippen LogP contribution in [0.1, 0.15) is 83.1 Å². The molecule has 2 heterocycles. The van der Waals surface area contributed by atoms with Crippen LogP contribution in [-0.4, -0.2) is 14.5 Å². The van der Waals surface area contributed by atoms with Crippen molar-refractivity contribution in [2.24, 2.45) is 0 Å². The van der Waals surface area contributed by atoms with Gasteiger partial charge in [0.15, 0.2) is 0 Å². The summed E-state index contributed by atoms with van der Waals surface area (Å²) in [5, 5.41) is 0. The molecular formula is C61H57N3OPt. The third kappa shape index (κ3) is 8.97. The number of hydrogen-bond donors (Lipinski definition) is 0. The summed E-state index contributed by atoms with van der Waals surface area (Å²) in [6.45, 7) is 12.4. The summed E-state index contributed by atoms with van der Waals surface area (Å²) < 4.78 is 58.7. The molecule has 0 radical (unpaired) electrons. The van der Waals surface area contributed by atoms with Crippen molar-refractivity contribution >= 4 is 11.0 Å². The Kier molecular flexibility index (Phi) is 10.7. The van der Waals surface area contributed by atoms with E-state index in [9.17, 15) is 0 Å². The van der Waals surface area contributed by atoms with Crippen LogP contribution in [-0.2, 0) is 31.9 Å². The van der Waals surface area contributed by atoms with Crippen molar-refractivity contribution in [3.63, 3.8) is 0 Å². The Morgan fingerprint density at radius 1 is 0.576 bits per heavy atom. The average molecular weight is 1050 g/mol. The maximum absolute atomic E-state index is 9.01. The van der Waals surface area contributed by atoms with Crippen LogP contribution in [0.15, 0.2) is 152 Å². The van der Waals surface area contributed by atoms with E-state index in [2.05, 4.69) is 108 Å². The van der Waals surface area contributed by atoms with Crippen molar-refractivity contribution in [2.75, 3.05) is 0 Å². The molecule has 5 heteroatoms. The molecule has 0 aliphatic heterocycles. The molecule has 4 nitrogen and oxygen atoms in total. The Morgan fingerprint density at radius 2 is 1.27 bits per heavy atom. The van der Waals surface area contributed by atoms with Gasteiger partial charge in [-0.05, 0) is 119 Å². The summed E-state index contributed by atoms with van der Waals surface area (Å²) in [5.41, 5.74) is 15.1. The molecule has 332 valence electrons.